The van der Waals surface area contributed by atoms with Gasteiger partial charge in [0.2, 0.25) is 11.8 Å². The molecule has 4 amide bonds. The Balaban J connectivity index is 1.25. The molecule has 0 radical (unpaired) electrons. The van der Waals surface area contributed by atoms with Crippen LogP contribution in [0.15, 0.2) is 103 Å². The molecule has 238 valence electrons. The molecule has 3 atom stereocenters. The van der Waals surface area contributed by atoms with Crippen molar-refractivity contribution in [3.8, 4) is 5.75 Å². The molecule has 0 aliphatic carbocycles. The molecule has 5 aromatic rings. The van der Waals surface area contributed by atoms with E-state index in [0.717, 1.165) is 38.4 Å². The number of phenols is 1. The predicted molar refractivity (Wildman–Crippen MR) is 179 cm³/mol. The van der Waals surface area contributed by atoms with Crippen LogP contribution in [0, 0.1) is 0 Å². The molecule has 0 bridgehead atoms. The first-order valence-corrected chi connectivity index (χ1v) is 15.8. The Kier molecular flexibility index (Phi) is 7.95. The summed E-state index contributed by atoms with van der Waals surface area (Å²) in [5, 5.41) is 19.3. The molecule has 2 fully saturated rings. The molecule has 10 nitrogen and oxygen atoms in total. The van der Waals surface area contributed by atoms with E-state index in [1.54, 1.807) is 57.3 Å². The number of fused-ring (bicyclic) bond motifs is 3. The van der Waals surface area contributed by atoms with Crippen LogP contribution in [0.2, 0.25) is 0 Å². The van der Waals surface area contributed by atoms with E-state index < -0.39 is 18.2 Å². The Morgan fingerprint density at radius 3 is 2.40 bits per heavy atom. The summed E-state index contributed by atoms with van der Waals surface area (Å²) in [6, 6.07) is 28.7. The molecule has 7 rings (SSSR count). The maximum absolute atomic E-state index is 14.5. The van der Waals surface area contributed by atoms with E-state index in [0.29, 0.717) is 6.54 Å². The van der Waals surface area contributed by atoms with Crippen LogP contribution in [0.1, 0.15) is 23.6 Å². The molecule has 0 saturated carbocycles. The van der Waals surface area contributed by atoms with E-state index in [4.69, 9.17) is 0 Å². The molecular weight excluding hydrogens is 592 g/mol. The highest BCUT2D eigenvalue weighted by Gasteiger charge is 2.54. The van der Waals surface area contributed by atoms with Gasteiger partial charge in [-0.15, -0.1) is 0 Å². The largest absolute Gasteiger partial charge is 0.508 e. The molecule has 2 aliphatic heterocycles. The van der Waals surface area contributed by atoms with Crippen LogP contribution in [0.3, 0.4) is 0 Å². The highest BCUT2D eigenvalue weighted by molar-refractivity contribution is 5.93. The topological polar surface area (TPSA) is 109 Å². The van der Waals surface area contributed by atoms with Crippen molar-refractivity contribution in [2.75, 3.05) is 13.6 Å². The lowest BCUT2D eigenvalue weighted by molar-refractivity contribution is -0.196. The van der Waals surface area contributed by atoms with E-state index >= 15 is 0 Å². The molecule has 2 saturated heterocycles. The number of nitrogens with one attached hydrogen (secondary N) is 1. The normalized spacial score (nSPS) is 20.1. The number of carbonyl (C=O) groups excluding carboxylic acids is 3. The number of benzene rings is 4. The molecule has 3 heterocycles. The van der Waals surface area contributed by atoms with Crippen molar-refractivity contribution in [3.05, 3.63) is 120 Å². The van der Waals surface area contributed by atoms with Crippen LogP contribution in [0.5, 0.6) is 5.75 Å². The molecule has 2 aliphatic rings. The number of aromatic nitrogens is 1. The van der Waals surface area contributed by atoms with Crippen molar-refractivity contribution in [2.45, 2.75) is 44.7 Å². The number of likely N-dealkylation sites (N-methyl/N-ethyl adjacent to an activating group) is 1. The number of hydrogen-bond acceptors (Lipinski definition) is 6. The summed E-state index contributed by atoms with van der Waals surface area (Å²) in [6.45, 7) is 2.38. The number of carbonyl (C=O) groups is 3. The Morgan fingerprint density at radius 2 is 1.60 bits per heavy atom. The van der Waals surface area contributed by atoms with Crippen LogP contribution >= 0.6 is 0 Å². The lowest BCUT2D eigenvalue weighted by Gasteiger charge is -2.57. The van der Waals surface area contributed by atoms with Gasteiger partial charge in [0.15, 0.2) is 0 Å². The summed E-state index contributed by atoms with van der Waals surface area (Å²) in [4.78, 5) is 50.4. The zero-order valence-corrected chi connectivity index (χ0v) is 26.3. The van der Waals surface area contributed by atoms with Crippen molar-refractivity contribution in [2.24, 2.45) is 0 Å². The molecular formula is C37H36N6O4. The van der Waals surface area contributed by atoms with Gasteiger partial charge in [-0.2, -0.15) is 0 Å². The van der Waals surface area contributed by atoms with Crippen LogP contribution in [0.4, 0.5) is 4.79 Å². The number of piperazine rings is 1. The van der Waals surface area contributed by atoms with Crippen LogP contribution in [-0.4, -0.2) is 79.6 Å². The van der Waals surface area contributed by atoms with Gasteiger partial charge in [0.1, 0.15) is 18.0 Å². The summed E-state index contributed by atoms with van der Waals surface area (Å²) in [5.74, 6) is -0.320. The van der Waals surface area contributed by atoms with E-state index in [2.05, 4.69) is 10.3 Å². The van der Waals surface area contributed by atoms with Crippen LogP contribution in [-0.2, 0) is 29.1 Å². The predicted octanol–water partition coefficient (Wildman–Crippen LogP) is 4.66. The van der Waals surface area contributed by atoms with E-state index in [-0.39, 0.29) is 43.1 Å². The zero-order valence-electron chi connectivity index (χ0n) is 26.3. The number of amides is 4. The number of para-hydroxylation sites is 1. The van der Waals surface area contributed by atoms with Gasteiger partial charge >= 0.3 is 6.03 Å². The number of rotatable bonds is 6. The summed E-state index contributed by atoms with van der Waals surface area (Å²) in [5.41, 5.74) is 3.45. The van der Waals surface area contributed by atoms with Gasteiger partial charge in [-0.25, -0.2) is 14.8 Å². The van der Waals surface area contributed by atoms with Gasteiger partial charge in [-0.05, 0) is 52.6 Å². The lowest BCUT2D eigenvalue weighted by Crippen LogP contribution is -2.78. The standard InChI is InChI=1S/C37H36N6O4/c1-24-35-42(33(45)23-40(2)43(35)37(47)39-21-28-11-5-9-26-8-3-4-14-31(26)28)32(20-25-15-17-30(44)18-16-25)36(46)41(24)22-29-12-6-10-27-13-7-19-38-34(27)29/h3-19,24,32,35,44H,20-23H2,1-2H3,(H,39,47)/t24-,32-,35-/m0/s1. The molecule has 10 heteroatoms. The van der Waals surface area contributed by atoms with Gasteiger partial charge in [0.05, 0.1) is 18.1 Å². The first-order chi connectivity index (χ1) is 22.8. The molecule has 47 heavy (non-hydrogen) atoms. The van der Waals surface area contributed by atoms with Crippen molar-refractivity contribution in [1.82, 2.24) is 30.1 Å². The fraction of sp³-hybridized carbons (Fsp3) is 0.243. The average Bonchev–Trinajstić information content (AvgIpc) is 3.08. The molecule has 0 unspecified atom stereocenters. The highest BCUT2D eigenvalue weighted by Crippen LogP contribution is 2.33. The first kappa shape index (κ1) is 30.2. The quantitative estimate of drug-likeness (QED) is 0.283. The van der Waals surface area contributed by atoms with Crippen molar-refractivity contribution in [1.29, 1.82) is 0 Å². The second-order valence-corrected chi connectivity index (χ2v) is 12.3. The van der Waals surface area contributed by atoms with Crippen LogP contribution in [0.25, 0.3) is 21.7 Å². The van der Waals surface area contributed by atoms with Gasteiger partial charge in [0.25, 0.3) is 0 Å². The Hall–Kier alpha value is -5.48. The lowest BCUT2D eigenvalue weighted by atomic mass is 9.94. The van der Waals surface area contributed by atoms with Gasteiger partial charge in [0, 0.05) is 38.1 Å². The third-order valence-corrected chi connectivity index (χ3v) is 9.32. The smallest absolute Gasteiger partial charge is 0.334 e. The van der Waals surface area contributed by atoms with Gasteiger partial charge in [-0.1, -0.05) is 78.9 Å². The zero-order chi connectivity index (χ0) is 32.7. The minimum Gasteiger partial charge on any atom is -0.508 e. The summed E-state index contributed by atoms with van der Waals surface area (Å²) >= 11 is 0. The number of urea groups is 1. The van der Waals surface area contributed by atoms with E-state index in [1.807, 2.05) is 79.7 Å². The Bertz CT molecular complexity index is 1970. The molecule has 1 aromatic heterocycles. The van der Waals surface area contributed by atoms with Crippen molar-refractivity contribution >= 4 is 39.5 Å². The fourth-order valence-corrected chi connectivity index (χ4v) is 7.00. The van der Waals surface area contributed by atoms with E-state index in [1.165, 1.54) is 0 Å². The Labute approximate surface area is 272 Å². The van der Waals surface area contributed by atoms with Crippen molar-refractivity contribution in [3.63, 3.8) is 0 Å². The number of phenolic OH excluding ortho intramolecular Hbond substituents is 1. The average molecular weight is 629 g/mol. The number of hydrogen-bond donors (Lipinski definition) is 2. The summed E-state index contributed by atoms with van der Waals surface area (Å²) in [7, 11) is 1.73. The van der Waals surface area contributed by atoms with E-state index in [9.17, 15) is 19.5 Å². The van der Waals surface area contributed by atoms with Gasteiger partial charge < -0.3 is 20.2 Å². The number of aromatic hydroxyl groups is 1. The number of nitrogens with zero attached hydrogens (tertiary/aromatic N) is 5. The third kappa shape index (κ3) is 5.61. The van der Waals surface area contributed by atoms with Gasteiger partial charge in [-0.3, -0.25) is 14.6 Å². The summed E-state index contributed by atoms with van der Waals surface area (Å²) in [6.07, 6.45) is 1.20. The van der Waals surface area contributed by atoms with Crippen LogP contribution < -0.4 is 5.32 Å². The maximum atomic E-state index is 14.5. The second kappa shape index (κ2) is 12.4. The first-order valence-electron chi connectivity index (χ1n) is 15.8. The minimum absolute atomic E-state index is 0.0580. The second-order valence-electron chi connectivity index (χ2n) is 12.3. The Morgan fingerprint density at radius 1 is 0.894 bits per heavy atom. The monoisotopic (exact) mass is 628 g/mol. The number of hydrazine groups is 1. The molecule has 0 spiro atoms. The SMILES string of the molecule is C[C@H]1[C@H]2N(C(=O)CN(C)N2C(=O)NCc2cccc3ccccc23)[C@@H](Cc2ccc(O)cc2)C(=O)N1Cc1cccc2cccnc12. The number of pyridine rings is 1. The fourth-order valence-electron chi connectivity index (χ4n) is 7.00. The summed E-state index contributed by atoms with van der Waals surface area (Å²) < 4.78 is 0. The molecule has 4 aromatic carbocycles. The third-order valence-electron chi connectivity index (χ3n) is 9.32. The minimum atomic E-state index is -0.863. The highest BCUT2D eigenvalue weighted by atomic mass is 16.3. The molecule has 2 N–H and O–H groups in total. The van der Waals surface area contributed by atoms with Crippen molar-refractivity contribution < 1.29 is 19.5 Å². The maximum Gasteiger partial charge on any atom is 0.334 e.